The lowest BCUT2D eigenvalue weighted by Gasteiger charge is -2.35. The highest BCUT2D eigenvalue weighted by Gasteiger charge is 2.23. The second-order valence-corrected chi connectivity index (χ2v) is 6.81. The van der Waals surface area contributed by atoms with Crippen molar-refractivity contribution < 1.29 is 14.3 Å². The molecule has 6 nitrogen and oxygen atoms in total. The van der Waals surface area contributed by atoms with Crippen LogP contribution in [0.1, 0.15) is 18.9 Å². The summed E-state index contributed by atoms with van der Waals surface area (Å²) in [6.45, 7) is 11.5. The molecule has 0 saturated carbocycles. The molecule has 1 aromatic carbocycles. The van der Waals surface area contributed by atoms with Crippen LogP contribution in [0.5, 0.6) is 5.75 Å². The molecule has 0 aromatic heterocycles. The normalized spacial score (nSPS) is 15.7. The Morgan fingerprint density at radius 1 is 1.31 bits per heavy atom. The van der Waals surface area contributed by atoms with Crippen LogP contribution < -0.4 is 0 Å². The van der Waals surface area contributed by atoms with Gasteiger partial charge in [-0.25, -0.2) is 4.39 Å². The Kier molecular flexibility index (Phi) is 8.15. The Morgan fingerprint density at radius 3 is 2.55 bits per heavy atom. The number of carbonyl (C=O) groups is 1. The second kappa shape index (κ2) is 10.6. The fourth-order valence-corrected chi connectivity index (χ4v) is 2.88. The largest absolute Gasteiger partial charge is 0.507 e. The number of piperazine rings is 1. The van der Waals surface area contributed by atoms with Crippen LogP contribution in [0, 0.1) is 5.82 Å². The highest BCUT2D eigenvalue weighted by Crippen LogP contribution is 2.18. The van der Waals surface area contributed by atoms with Gasteiger partial charge >= 0.3 is 0 Å². The number of carbonyl (C=O) groups excluding carboxylic acids is 1. The lowest BCUT2D eigenvalue weighted by molar-refractivity contribution is -0.127. The smallest absolute Gasteiger partial charge is 0.246 e. The summed E-state index contributed by atoms with van der Waals surface area (Å²) in [7, 11) is 0. The molecule has 1 amide bonds. The molecule has 1 heterocycles. The fraction of sp³-hybridized carbons (Fsp3) is 0.286. The van der Waals surface area contributed by atoms with E-state index >= 15 is 0 Å². The van der Waals surface area contributed by atoms with Gasteiger partial charge in [-0.1, -0.05) is 37.7 Å². The first-order valence-corrected chi connectivity index (χ1v) is 9.55. The van der Waals surface area contributed by atoms with Gasteiger partial charge in [0.2, 0.25) is 5.91 Å². The van der Waals surface area contributed by atoms with Crippen LogP contribution in [-0.4, -0.2) is 59.0 Å². The number of amides is 1. The van der Waals surface area contributed by atoms with Crippen LogP contribution in [-0.2, 0) is 4.79 Å². The zero-order chi connectivity index (χ0) is 21.4. The van der Waals surface area contributed by atoms with E-state index < -0.39 is 5.82 Å². The minimum Gasteiger partial charge on any atom is -0.507 e. The number of nitrogens with zero attached hydrogens (tertiary/aromatic N) is 4. The molecule has 8 heteroatoms. The van der Waals surface area contributed by atoms with E-state index in [1.807, 2.05) is 11.8 Å². The molecule has 154 valence electrons. The second-order valence-electron chi connectivity index (χ2n) is 6.33. The number of amidine groups is 1. The van der Waals surface area contributed by atoms with Crippen LogP contribution >= 0.6 is 11.6 Å². The maximum absolute atomic E-state index is 13.9. The van der Waals surface area contributed by atoms with Crippen LogP contribution in [0.25, 0.3) is 0 Å². The minimum atomic E-state index is -0.602. The van der Waals surface area contributed by atoms with E-state index in [-0.39, 0.29) is 17.2 Å². The topological polar surface area (TPSA) is 68.5 Å². The molecule has 1 fully saturated rings. The number of phenolic OH excluding ortho intramolecular Hbond substituents is 1. The summed E-state index contributed by atoms with van der Waals surface area (Å²) >= 11 is 6.14. The summed E-state index contributed by atoms with van der Waals surface area (Å²) in [5.74, 6) is -0.483. The van der Waals surface area contributed by atoms with Crippen molar-refractivity contribution in [1.29, 1.82) is 0 Å². The van der Waals surface area contributed by atoms with Crippen LogP contribution in [0.2, 0.25) is 0 Å². The predicted octanol–water partition coefficient (Wildman–Crippen LogP) is 3.68. The lowest BCUT2D eigenvalue weighted by atomic mass is 10.2. The number of hydrogen-bond donors (Lipinski definition) is 1. The van der Waals surface area contributed by atoms with Gasteiger partial charge in [0, 0.05) is 36.8 Å². The van der Waals surface area contributed by atoms with Gasteiger partial charge in [0.05, 0.1) is 11.8 Å². The summed E-state index contributed by atoms with van der Waals surface area (Å²) in [5.41, 5.74) is 0.500. The molecule has 0 unspecified atom stereocenters. The van der Waals surface area contributed by atoms with Crippen molar-refractivity contribution in [3.63, 3.8) is 0 Å². The molecule has 1 aliphatic rings. The van der Waals surface area contributed by atoms with E-state index in [0.717, 1.165) is 6.21 Å². The third-order valence-electron chi connectivity index (χ3n) is 4.39. The molecule has 1 N–H and O–H groups in total. The maximum atomic E-state index is 13.9. The summed E-state index contributed by atoms with van der Waals surface area (Å²) in [5, 5.41) is 18.6. The van der Waals surface area contributed by atoms with Crippen molar-refractivity contribution in [2.75, 3.05) is 26.2 Å². The van der Waals surface area contributed by atoms with E-state index in [1.165, 1.54) is 24.3 Å². The highest BCUT2D eigenvalue weighted by atomic mass is 35.5. The molecule has 0 bridgehead atoms. The van der Waals surface area contributed by atoms with Crippen molar-refractivity contribution >= 4 is 29.6 Å². The van der Waals surface area contributed by atoms with Gasteiger partial charge in [-0.05, 0) is 30.7 Å². The van der Waals surface area contributed by atoms with Crippen LogP contribution in [0.15, 0.2) is 64.3 Å². The van der Waals surface area contributed by atoms with Gasteiger partial charge < -0.3 is 14.9 Å². The van der Waals surface area contributed by atoms with Gasteiger partial charge in [-0.2, -0.15) is 5.10 Å². The molecular weight excluding hydrogens is 395 g/mol. The lowest BCUT2D eigenvalue weighted by Crippen LogP contribution is -2.50. The average molecular weight is 419 g/mol. The van der Waals surface area contributed by atoms with E-state index in [1.54, 1.807) is 11.0 Å². The SMILES string of the molecule is C=CC(=O)N1CCN(/C(=N/N=C\c2c(O)cccc2F)C(=C)/C=C(/Cl)CC)CC1. The number of halogens is 2. The number of aromatic hydroxyl groups is 1. The molecule has 0 spiro atoms. The first kappa shape index (κ1) is 22.4. The third kappa shape index (κ3) is 6.02. The van der Waals surface area contributed by atoms with Gasteiger partial charge in [0.15, 0.2) is 5.84 Å². The zero-order valence-electron chi connectivity index (χ0n) is 16.3. The van der Waals surface area contributed by atoms with Gasteiger partial charge in [0.1, 0.15) is 11.6 Å². The van der Waals surface area contributed by atoms with Crippen molar-refractivity contribution in [1.82, 2.24) is 9.80 Å². The Bertz CT molecular complexity index is 851. The Labute approximate surface area is 175 Å². The van der Waals surface area contributed by atoms with Crippen molar-refractivity contribution in [3.8, 4) is 5.75 Å². The third-order valence-corrected chi connectivity index (χ3v) is 4.77. The molecule has 0 atom stereocenters. The number of rotatable bonds is 6. The standard InChI is InChI=1S/C21H24ClFN4O2/c1-4-16(22)13-15(3)21(27-11-9-26(10-12-27)20(29)5-2)25-24-14-17-18(23)7-6-8-19(17)28/h5-8,13-14,28H,2-4,9-12H2,1H3/b16-13+,24-14-,25-21+. The van der Waals surface area contributed by atoms with Gasteiger partial charge in [-0.3, -0.25) is 4.79 Å². The van der Waals surface area contributed by atoms with Crippen molar-refractivity contribution in [3.05, 3.63) is 65.5 Å². The fourth-order valence-electron chi connectivity index (χ4n) is 2.75. The summed E-state index contributed by atoms with van der Waals surface area (Å²) in [6.07, 6.45) is 4.79. The molecule has 1 aromatic rings. The average Bonchev–Trinajstić information content (AvgIpc) is 2.72. The quantitative estimate of drug-likeness (QED) is 0.252. The van der Waals surface area contributed by atoms with Crippen LogP contribution in [0.4, 0.5) is 4.39 Å². The van der Waals surface area contributed by atoms with Gasteiger partial charge in [-0.15, -0.1) is 5.10 Å². The van der Waals surface area contributed by atoms with E-state index in [4.69, 9.17) is 11.6 Å². The number of benzene rings is 1. The van der Waals surface area contributed by atoms with E-state index in [9.17, 15) is 14.3 Å². The molecule has 0 aliphatic carbocycles. The molecule has 0 radical (unpaired) electrons. The first-order valence-electron chi connectivity index (χ1n) is 9.17. The van der Waals surface area contributed by atoms with Gasteiger partial charge in [0.25, 0.3) is 0 Å². The summed E-state index contributed by atoms with van der Waals surface area (Å²) in [6, 6.07) is 4.00. The molecular formula is C21H24ClFN4O2. The molecule has 1 saturated heterocycles. The summed E-state index contributed by atoms with van der Waals surface area (Å²) in [4.78, 5) is 15.4. The van der Waals surface area contributed by atoms with Crippen LogP contribution in [0.3, 0.4) is 0 Å². The zero-order valence-corrected chi connectivity index (χ0v) is 17.1. The van der Waals surface area contributed by atoms with Crippen molar-refractivity contribution in [2.24, 2.45) is 10.2 Å². The molecule has 2 rings (SSSR count). The Morgan fingerprint density at radius 2 is 1.97 bits per heavy atom. The van der Waals surface area contributed by atoms with E-state index in [0.29, 0.717) is 49.0 Å². The van der Waals surface area contributed by atoms with Crippen molar-refractivity contribution in [2.45, 2.75) is 13.3 Å². The highest BCUT2D eigenvalue weighted by molar-refractivity contribution is 6.30. The predicted molar refractivity (Wildman–Crippen MR) is 115 cm³/mol. The first-order chi connectivity index (χ1) is 13.9. The minimum absolute atomic E-state index is 0.0512. The van der Waals surface area contributed by atoms with E-state index in [2.05, 4.69) is 23.4 Å². The Hall–Kier alpha value is -2.93. The number of hydrogen-bond acceptors (Lipinski definition) is 4. The molecule has 29 heavy (non-hydrogen) atoms. The monoisotopic (exact) mass is 418 g/mol. The number of allylic oxidation sites excluding steroid dienone is 1. The molecule has 1 aliphatic heterocycles. The number of phenols is 1. The maximum Gasteiger partial charge on any atom is 0.246 e. The Balaban J connectivity index is 2.27. The summed E-state index contributed by atoms with van der Waals surface area (Å²) < 4.78 is 13.9.